The Morgan fingerprint density at radius 1 is 1.42 bits per heavy atom. The number of hydrogen-bond donors (Lipinski definition) is 2. The van der Waals surface area contributed by atoms with Gasteiger partial charge >= 0.3 is 5.72 Å². The van der Waals surface area contributed by atoms with Crippen LogP contribution in [0.25, 0.3) is 4.85 Å². The zero-order chi connectivity index (χ0) is 9.03. The molecule has 0 saturated heterocycles. The van der Waals surface area contributed by atoms with E-state index in [4.69, 9.17) is 12.3 Å². The monoisotopic (exact) mass is 163 g/mol. The van der Waals surface area contributed by atoms with Gasteiger partial charge in [-0.2, -0.15) is 0 Å². The molecule has 0 aliphatic carbocycles. The second-order valence-corrected chi connectivity index (χ2v) is 2.52. The van der Waals surface area contributed by atoms with Gasteiger partial charge in [-0.05, 0) is 17.0 Å². The first kappa shape index (κ1) is 8.72. The molecule has 0 aliphatic rings. The molecule has 12 heavy (non-hydrogen) atoms. The van der Waals surface area contributed by atoms with E-state index in [1.807, 2.05) is 6.07 Å². The summed E-state index contributed by atoms with van der Waals surface area (Å²) in [5.74, 6) is 0. The van der Waals surface area contributed by atoms with E-state index in [9.17, 15) is 5.11 Å². The molecule has 1 atom stereocenters. The summed E-state index contributed by atoms with van der Waals surface area (Å²) in [6.45, 7) is 5.02. The molecule has 0 spiro atoms. The standard InChI is InChI=1S/C9H11N2O/c1-11-9(12,7-10)8-5-3-2-4-6-8/h1-6,12H,7,10H2/q+1/t9-/m0/s1. The molecular weight excluding hydrogens is 152 g/mol. The van der Waals surface area contributed by atoms with Gasteiger partial charge in [0.1, 0.15) is 6.54 Å². The predicted octanol–water partition coefficient (Wildman–Crippen LogP) is 0.753. The molecule has 0 saturated carbocycles. The molecule has 3 heteroatoms. The van der Waals surface area contributed by atoms with E-state index in [1.54, 1.807) is 24.3 Å². The second kappa shape index (κ2) is 3.35. The Labute approximate surface area is 71.3 Å². The van der Waals surface area contributed by atoms with Crippen LogP contribution in [0.5, 0.6) is 0 Å². The van der Waals surface area contributed by atoms with Gasteiger partial charge in [-0.25, -0.2) is 0 Å². The van der Waals surface area contributed by atoms with Crippen LogP contribution in [0.3, 0.4) is 0 Å². The zero-order valence-electron chi connectivity index (χ0n) is 6.64. The lowest BCUT2D eigenvalue weighted by molar-refractivity contribution is 0.0966. The van der Waals surface area contributed by atoms with Crippen molar-refractivity contribution < 1.29 is 5.11 Å². The normalized spacial score (nSPS) is 14.8. The van der Waals surface area contributed by atoms with Gasteiger partial charge in [-0.3, -0.25) is 0 Å². The van der Waals surface area contributed by atoms with Gasteiger partial charge in [-0.15, -0.1) is 0 Å². The fraction of sp³-hybridized carbons (Fsp3) is 0.222. The van der Waals surface area contributed by atoms with Gasteiger partial charge < -0.3 is 10.8 Å². The summed E-state index contributed by atoms with van der Waals surface area (Å²) >= 11 is 0. The predicted molar refractivity (Wildman–Crippen MR) is 47.7 cm³/mol. The molecule has 0 aromatic heterocycles. The Kier molecular flexibility index (Phi) is 2.44. The summed E-state index contributed by atoms with van der Waals surface area (Å²) in [6, 6.07) is 8.88. The highest BCUT2D eigenvalue weighted by molar-refractivity contribution is 5.25. The molecule has 0 heterocycles. The zero-order valence-corrected chi connectivity index (χ0v) is 6.64. The number of aliphatic hydroxyl groups is 1. The largest absolute Gasteiger partial charge is 0.420 e. The quantitative estimate of drug-likeness (QED) is 0.676. The molecule has 0 unspecified atom stereocenters. The molecule has 1 aromatic rings. The van der Waals surface area contributed by atoms with E-state index < -0.39 is 5.72 Å². The molecule has 1 aromatic carbocycles. The first-order chi connectivity index (χ1) is 5.73. The van der Waals surface area contributed by atoms with E-state index in [0.29, 0.717) is 5.56 Å². The van der Waals surface area contributed by atoms with E-state index in [1.165, 1.54) is 0 Å². The smallest absolute Gasteiger partial charge is 0.321 e. The molecule has 0 radical (unpaired) electrons. The van der Waals surface area contributed by atoms with Crippen LogP contribution in [0.4, 0.5) is 0 Å². The van der Waals surface area contributed by atoms with Crippen molar-refractivity contribution in [2.75, 3.05) is 6.54 Å². The van der Waals surface area contributed by atoms with Crippen molar-refractivity contribution in [1.29, 1.82) is 0 Å². The van der Waals surface area contributed by atoms with Crippen LogP contribution in [0.2, 0.25) is 0 Å². The Morgan fingerprint density at radius 2 is 2.00 bits per heavy atom. The van der Waals surface area contributed by atoms with Crippen LogP contribution < -0.4 is 5.73 Å². The Bertz CT molecular complexity index is 291. The molecule has 0 aliphatic heterocycles. The molecule has 1 rings (SSSR count). The van der Waals surface area contributed by atoms with Crippen molar-refractivity contribution in [2.45, 2.75) is 5.72 Å². The highest BCUT2D eigenvalue weighted by Crippen LogP contribution is 2.20. The summed E-state index contributed by atoms with van der Waals surface area (Å²) in [7, 11) is 0. The van der Waals surface area contributed by atoms with Crippen molar-refractivity contribution in [2.24, 2.45) is 5.73 Å². The maximum absolute atomic E-state index is 9.68. The lowest BCUT2D eigenvalue weighted by Crippen LogP contribution is -2.31. The van der Waals surface area contributed by atoms with E-state index in [-0.39, 0.29) is 6.54 Å². The maximum atomic E-state index is 9.68. The minimum Gasteiger partial charge on any atom is -0.321 e. The SMILES string of the molecule is C#[N+][C@](O)(CN)c1ccccc1. The lowest BCUT2D eigenvalue weighted by atomic mass is 10.0. The maximum Gasteiger partial charge on any atom is 0.420 e. The minimum absolute atomic E-state index is 0.0203. The highest BCUT2D eigenvalue weighted by Gasteiger charge is 2.37. The molecule has 3 N–H and O–H groups in total. The third-order valence-corrected chi connectivity index (χ3v) is 1.73. The van der Waals surface area contributed by atoms with Gasteiger partial charge in [0.2, 0.25) is 0 Å². The summed E-state index contributed by atoms with van der Waals surface area (Å²) in [6.07, 6.45) is 0. The lowest BCUT2D eigenvalue weighted by Gasteiger charge is -2.07. The summed E-state index contributed by atoms with van der Waals surface area (Å²) in [5, 5.41) is 9.68. The topological polar surface area (TPSA) is 50.6 Å². The molecule has 3 nitrogen and oxygen atoms in total. The van der Waals surface area contributed by atoms with Crippen molar-refractivity contribution in [3.8, 4) is 6.57 Å². The fourth-order valence-electron chi connectivity index (χ4n) is 0.950. The summed E-state index contributed by atoms with van der Waals surface area (Å²) in [5.41, 5.74) is 4.49. The molecule has 0 bridgehead atoms. The number of benzene rings is 1. The number of nitrogens with zero attached hydrogens (tertiary/aromatic N) is 1. The fourth-order valence-corrected chi connectivity index (χ4v) is 0.950. The molecule has 0 amide bonds. The Balaban J connectivity index is 3.06. The average Bonchev–Trinajstić information content (AvgIpc) is 2.18. The van der Waals surface area contributed by atoms with E-state index >= 15 is 0 Å². The van der Waals surface area contributed by atoms with Crippen LogP contribution in [-0.4, -0.2) is 11.7 Å². The van der Waals surface area contributed by atoms with Gasteiger partial charge in [-0.1, -0.05) is 18.2 Å². The summed E-state index contributed by atoms with van der Waals surface area (Å²) < 4.78 is 0. The third kappa shape index (κ3) is 1.45. The Morgan fingerprint density at radius 3 is 2.42 bits per heavy atom. The minimum atomic E-state index is -1.44. The number of hydrogen-bond acceptors (Lipinski definition) is 2. The van der Waals surface area contributed by atoms with Gasteiger partial charge in [0.25, 0.3) is 6.57 Å². The van der Waals surface area contributed by atoms with E-state index in [2.05, 4.69) is 4.85 Å². The Hall–Kier alpha value is -1.37. The van der Waals surface area contributed by atoms with Gasteiger partial charge in [0.05, 0.1) is 5.56 Å². The van der Waals surface area contributed by atoms with Crippen LogP contribution in [0.1, 0.15) is 5.56 Å². The average molecular weight is 163 g/mol. The van der Waals surface area contributed by atoms with Gasteiger partial charge in [0, 0.05) is 0 Å². The second-order valence-electron chi connectivity index (χ2n) is 2.52. The van der Waals surface area contributed by atoms with Crippen molar-refractivity contribution in [3.63, 3.8) is 0 Å². The van der Waals surface area contributed by atoms with Crippen LogP contribution in [-0.2, 0) is 5.72 Å². The molecule has 0 fully saturated rings. The van der Waals surface area contributed by atoms with Crippen molar-refractivity contribution in [3.05, 3.63) is 40.7 Å². The number of rotatable bonds is 2. The van der Waals surface area contributed by atoms with Gasteiger partial charge in [0.15, 0.2) is 0 Å². The third-order valence-electron chi connectivity index (χ3n) is 1.73. The van der Waals surface area contributed by atoms with E-state index in [0.717, 1.165) is 0 Å². The van der Waals surface area contributed by atoms with Crippen molar-refractivity contribution >= 4 is 0 Å². The highest BCUT2D eigenvalue weighted by atomic mass is 16.3. The number of nitrogens with two attached hydrogens (primary N) is 1. The molecule has 62 valence electrons. The first-order valence-electron chi connectivity index (χ1n) is 3.63. The van der Waals surface area contributed by atoms with Crippen LogP contribution in [0, 0.1) is 6.57 Å². The molecular formula is C9H11N2O+. The first-order valence-corrected chi connectivity index (χ1v) is 3.63. The summed E-state index contributed by atoms with van der Waals surface area (Å²) in [4.78, 5) is 3.34. The van der Waals surface area contributed by atoms with Crippen LogP contribution in [0.15, 0.2) is 30.3 Å². The van der Waals surface area contributed by atoms with Crippen LogP contribution >= 0.6 is 0 Å². The van der Waals surface area contributed by atoms with Crippen molar-refractivity contribution in [1.82, 2.24) is 0 Å².